The largest absolute Gasteiger partial charge is 0.496 e. The second kappa shape index (κ2) is 13.4. The average molecular weight is 654 g/mol. The van der Waals surface area contributed by atoms with Crippen LogP contribution >= 0.6 is 11.3 Å². The number of thiophene rings is 1. The van der Waals surface area contributed by atoms with Crippen LogP contribution in [0.25, 0.3) is 21.9 Å². The van der Waals surface area contributed by atoms with Crippen LogP contribution in [0.3, 0.4) is 0 Å². The zero-order valence-electron chi connectivity index (χ0n) is 26.7. The van der Waals surface area contributed by atoms with Crippen LogP contribution in [-0.4, -0.2) is 34.1 Å². The fourth-order valence-electron chi connectivity index (χ4n) is 6.24. The SMILES string of the molecule is COc1cccc2c1CC[C@H]2NC(=O)c1ccc(-c2c(C(N)=O)c(CC(C)C)nc(CCc3ccc(F)cc3)c2-c2nnc(C)o2)s1. The molecule has 1 atom stereocenters. The van der Waals surface area contributed by atoms with Gasteiger partial charge in [-0.1, -0.05) is 38.1 Å². The van der Waals surface area contributed by atoms with Crippen molar-refractivity contribution in [3.63, 3.8) is 0 Å². The molecule has 3 N–H and O–H groups in total. The van der Waals surface area contributed by atoms with Crippen molar-refractivity contribution in [3.8, 4) is 27.6 Å². The first-order chi connectivity index (χ1) is 22.6. The Morgan fingerprint density at radius 1 is 1.06 bits per heavy atom. The van der Waals surface area contributed by atoms with Gasteiger partial charge < -0.3 is 20.2 Å². The highest BCUT2D eigenvalue weighted by Crippen LogP contribution is 2.42. The Bertz CT molecular complexity index is 1950. The van der Waals surface area contributed by atoms with Crippen molar-refractivity contribution in [2.75, 3.05) is 7.11 Å². The Labute approximate surface area is 276 Å². The first kappa shape index (κ1) is 32.1. The molecule has 0 radical (unpaired) electrons. The van der Waals surface area contributed by atoms with Crippen LogP contribution < -0.4 is 15.8 Å². The second-order valence-electron chi connectivity index (χ2n) is 12.1. The van der Waals surface area contributed by atoms with Gasteiger partial charge in [0, 0.05) is 17.4 Å². The van der Waals surface area contributed by atoms with E-state index in [4.69, 9.17) is 19.9 Å². The van der Waals surface area contributed by atoms with Gasteiger partial charge in [-0.15, -0.1) is 21.5 Å². The number of nitrogens with zero attached hydrogens (tertiary/aromatic N) is 3. The number of hydrogen-bond acceptors (Lipinski definition) is 8. The van der Waals surface area contributed by atoms with E-state index >= 15 is 0 Å². The molecule has 9 nitrogen and oxygen atoms in total. The number of hydrogen-bond donors (Lipinski definition) is 2. The predicted octanol–water partition coefficient (Wildman–Crippen LogP) is 6.82. The fourth-order valence-corrected chi connectivity index (χ4v) is 7.21. The molecular formula is C36H36FN5O4S. The van der Waals surface area contributed by atoms with Gasteiger partial charge in [0.15, 0.2) is 0 Å². The van der Waals surface area contributed by atoms with Crippen molar-refractivity contribution in [1.82, 2.24) is 20.5 Å². The van der Waals surface area contributed by atoms with E-state index in [0.717, 1.165) is 35.3 Å². The van der Waals surface area contributed by atoms with Crippen molar-refractivity contribution >= 4 is 23.2 Å². The van der Waals surface area contributed by atoms with Gasteiger partial charge in [0.2, 0.25) is 11.8 Å². The molecule has 3 aromatic heterocycles. The van der Waals surface area contributed by atoms with Gasteiger partial charge in [-0.05, 0) is 85.0 Å². The molecule has 3 heterocycles. The molecule has 2 aromatic carbocycles. The van der Waals surface area contributed by atoms with Crippen LogP contribution in [0, 0.1) is 18.7 Å². The molecule has 0 saturated heterocycles. The quantitative estimate of drug-likeness (QED) is 0.160. The maximum absolute atomic E-state index is 13.6. The van der Waals surface area contributed by atoms with E-state index < -0.39 is 5.91 Å². The Balaban J connectivity index is 1.44. The molecule has 2 amide bonds. The van der Waals surface area contributed by atoms with Crippen molar-refractivity contribution < 1.29 is 23.1 Å². The third-order valence-electron chi connectivity index (χ3n) is 8.33. The number of pyridine rings is 1. The van der Waals surface area contributed by atoms with Gasteiger partial charge in [-0.3, -0.25) is 14.6 Å². The van der Waals surface area contributed by atoms with Crippen molar-refractivity contribution in [2.45, 2.75) is 58.9 Å². The Morgan fingerprint density at radius 2 is 1.85 bits per heavy atom. The van der Waals surface area contributed by atoms with Gasteiger partial charge >= 0.3 is 0 Å². The number of aromatic nitrogens is 3. The summed E-state index contributed by atoms with van der Waals surface area (Å²) in [5.41, 5.74) is 11.7. The number of primary amides is 1. The van der Waals surface area contributed by atoms with Crippen LogP contribution in [0.5, 0.6) is 5.75 Å². The summed E-state index contributed by atoms with van der Waals surface area (Å²) in [5, 5.41) is 11.6. The highest BCUT2D eigenvalue weighted by Gasteiger charge is 2.31. The first-order valence-electron chi connectivity index (χ1n) is 15.6. The molecule has 0 saturated carbocycles. The maximum atomic E-state index is 13.6. The first-order valence-corrected chi connectivity index (χ1v) is 16.4. The standard InChI is InChI=1S/C36H36FN5O4S/c1-19(2)18-27-31(34(38)43)33(32(36-42-41-20(3)46-36)26(39-27)14-10-21-8-11-22(37)12-9-21)29-16-17-30(47-29)35(44)40-25-15-13-24-23(25)6-5-7-28(24)45-4/h5-9,11-12,16-17,19,25H,10,13-15,18H2,1-4H3,(H2,38,43)(H,40,44)/t25-/m1/s1. The van der Waals surface area contributed by atoms with Crippen LogP contribution in [0.4, 0.5) is 4.39 Å². The van der Waals surface area contributed by atoms with Crippen molar-refractivity contribution in [1.29, 1.82) is 0 Å². The molecule has 242 valence electrons. The zero-order chi connectivity index (χ0) is 33.2. The number of carbonyl (C=O) groups is 2. The van der Waals surface area contributed by atoms with E-state index in [1.807, 2.05) is 38.1 Å². The molecule has 0 spiro atoms. The normalized spacial score (nSPS) is 14.0. The van der Waals surface area contributed by atoms with Gasteiger partial charge in [0.25, 0.3) is 11.8 Å². The molecule has 1 aliphatic rings. The van der Waals surface area contributed by atoms with Gasteiger partial charge in [-0.25, -0.2) is 4.39 Å². The molecule has 0 fully saturated rings. The monoisotopic (exact) mass is 653 g/mol. The number of aryl methyl sites for hydroxylation is 3. The molecule has 5 aromatic rings. The summed E-state index contributed by atoms with van der Waals surface area (Å²) in [5.74, 6) is 0.386. The smallest absolute Gasteiger partial charge is 0.261 e. The number of halogens is 1. The van der Waals surface area contributed by atoms with E-state index in [-0.39, 0.29) is 35.1 Å². The summed E-state index contributed by atoms with van der Waals surface area (Å²) in [4.78, 5) is 33.0. The van der Waals surface area contributed by atoms with E-state index in [9.17, 15) is 14.0 Å². The lowest BCUT2D eigenvalue weighted by Crippen LogP contribution is -2.26. The Kier molecular flexibility index (Phi) is 9.17. The predicted molar refractivity (Wildman–Crippen MR) is 178 cm³/mol. The number of ether oxygens (including phenoxy) is 1. The second-order valence-corrected chi connectivity index (χ2v) is 13.2. The number of fused-ring (bicyclic) bond motifs is 1. The average Bonchev–Trinajstić information content (AvgIpc) is 3.80. The maximum Gasteiger partial charge on any atom is 0.261 e. The van der Waals surface area contributed by atoms with Crippen molar-refractivity contribution in [2.24, 2.45) is 11.7 Å². The summed E-state index contributed by atoms with van der Waals surface area (Å²) < 4.78 is 25.1. The lowest BCUT2D eigenvalue weighted by molar-refractivity contribution is 0.0939. The number of amides is 2. The zero-order valence-corrected chi connectivity index (χ0v) is 27.5. The summed E-state index contributed by atoms with van der Waals surface area (Å²) in [6, 6.07) is 15.7. The third kappa shape index (κ3) is 6.66. The molecule has 1 aliphatic carbocycles. The summed E-state index contributed by atoms with van der Waals surface area (Å²) in [6.45, 7) is 5.78. The van der Waals surface area contributed by atoms with Crippen LogP contribution in [-0.2, 0) is 25.7 Å². The number of benzene rings is 2. The number of carbonyl (C=O) groups excluding carboxylic acids is 2. The van der Waals surface area contributed by atoms with E-state index in [0.29, 0.717) is 57.4 Å². The minimum atomic E-state index is -0.637. The highest BCUT2D eigenvalue weighted by atomic mass is 32.1. The minimum absolute atomic E-state index is 0.145. The summed E-state index contributed by atoms with van der Waals surface area (Å²) >= 11 is 1.26. The number of nitrogens with two attached hydrogens (primary N) is 1. The molecular weight excluding hydrogens is 617 g/mol. The lowest BCUT2D eigenvalue weighted by Gasteiger charge is -2.19. The molecule has 6 rings (SSSR count). The van der Waals surface area contributed by atoms with E-state index in [1.165, 1.54) is 23.5 Å². The Hall–Kier alpha value is -4.90. The van der Waals surface area contributed by atoms with Gasteiger partial charge in [-0.2, -0.15) is 0 Å². The number of nitrogens with one attached hydrogen (secondary N) is 1. The van der Waals surface area contributed by atoms with Crippen molar-refractivity contribution in [3.05, 3.63) is 105 Å². The van der Waals surface area contributed by atoms with Crippen LogP contribution in [0.1, 0.15) is 80.3 Å². The van der Waals surface area contributed by atoms with Gasteiger partial charge in [0.1, 0.15) is 11.6 Å². The minimum Gasteiger partial charge on any atom is -0.496 e. The van der Waals surface area contributed by atoms with E-state index in [1.54, 1.807) is 32.2 Å². The molecule has 11 heteroatoms. The number of rotatable bonds is 11. The molecule has 0 unspecified atom stereocenters. The highest BCUT2D eigenvalue weighted by molar-refractivity contribution is 7.17. The summed E-state index contributed by atoms with van der Waals surface area (Å²) in [6.07, 6.45) is 3.08. The third-order valence-corrected chi connectivity index (χ3v) is 9.43. The molecule has 0 bridgehead atoms. The fraction of sp³-hybridized carbons (Fsp3) is 0.306. The van der Waals surface area contributed by atoms with E-state index in [2.05, 4.69) is 15.5 Å². The molecule has 47 heavy (non-hydrogen) atoms. The lowest BCUT2D eigenvalue weighted by atomic mass is 9.91. The molecule has 0 aliphatic heterocycles. The number of methoxy groups -OCH3 is 1. The van der Waals surface area contributed by atoms with Crippen LogP contribution in [0.2, 0.25) is 0 Å². The topological polar surface area (TPSA) is 133 Å². The summed E-state index contributed by atoms with van der Waals surface area (Å²) in [7, 11) is 1.65. The van der Waals surface area contributed by atoms with Crippen LogP contribution in [0.15, 0.2) is 59.0 Å². The Morgan fingerprint density at radius 3 is 2.53 bits per heavy atom. The van der Waals surface area contributed by atoms with Gasteiger partial charge in [0.05, 0.1) is 40.5 Å².